The van der Waals surface area contributed by atoms with Crippen molar-refractivity contribution in [1.29, 1.82) is 0 Å². The van der Waals surface area contributed by atoms with Gasteiger partial charge in [0.25, 0.3) is 0 Å². The summed E-state index contributed by atoms with van der Waals surface area (Å²) >= 11 is 0. The summed E-state index contributed by atoms with van der Waals surface area (Å²) in [6.45, 7) is 12.5. The molecule has 0 heterocycles. The Labute approximate surface area is 148 Å². The molecule has 0 aliphatic heterocycles. The van der Waals surface area contributed by atoms with Crippen LogP contribution >= 0.6 is 0 Å². The van der Waals surface area contributed by atoms with Crippen molar-refractivity contribution in [3.63, 3.8) is 0 Å². The van der Waals surface area contributed by atoms with Gasteiger partial charge in [-0.2, -0.15) is 0 Å². The molecule has 0 aromatic carbocycles. The van der Waals surface area contributed by atoms with Crippen LogP contribution in [-0.4, -0.2) is 14.9 Å². The normalized spacial score (nSPS) is 14.7. The van der Waals surface area contributed by atoms with Gasteiger partial charge in [-0.25, -0.2) is 0 Å². The summed E-state index contributed by atoms with van der Waals surface area (Å²) in [5.74, 6) is 0. The molecule has 0 radical (unpaired) electrons. The van der Waals surface area contributed by atoms with Crippen LogP contribution in [0.1, 0.15) is 105 Å². The maximum absolute atomic E-state index is 6.33. The van der Waals surface area contributed by atoms with Crippen LogP contribution in [0.15, 0.2) is 11.8 Å². The zero-order valence-electron chi connectivity index (χ0n) is 16.8. The Balaban J connectivity index is 3.80. The Morgan fingerprint density at radius 1 is 0.783 bits per heavy atom. The molecule has 0 aromatic heterocycles. The fourth-order valence-corrected chi connectivity index (χ4v) is 4.80. The summed E-state index contributed by atoms with van der Waals surface area (Å²) in [6, 6.07) is 0. The van der Waals surface area contributed by atoms with E-state index in [1.807, 2.05) is 0 Å². The van der Waals surface area contributed by atoms with E-state index in [-0.39, 0.29) is 0 Å². The van der Waals surface area contributed by atoms with E-state index in [9.17, 15) is 0 Å². The van der Waals surface area contributed by atoms with E-state index >= 15 is 0 Å². The summed E-state index contributed by atoms with van der Waals surface area (Å²) in [5.41, 5.74) is 3.13. The fraction of sp³-hybridized carbons (Fsp3) is 0.905. The van der Waals surface area contributed by atoms with Crippen molar-refractivity contribution < 1.29 is 4.43 Å². The third-order valence-electron chi connectivity index (χ3n) is 4.98. The third kappa shape index (κ3) is 12.9. The third-order valence-corrected chi connectivity index (χ3v) is 9.00. The second-order valence-corrected chi connectivity index (χ2v) is 11.7. The minimum absolute atomic E-state index is 0.666. The molecule has 0 fully saturated rings. The lowest BCUT2D eigenvalue weighted by Crippen LogP contribution is -2.36. The predicted octanol–water partition coefficient (Wildman–Crippen LogP) is 7.80. The van der Waals surface area contributed by atoms with E-state index in [1.165, 1.54) is 77.0 Å². The van der Waals surface area contributed by atoms with E-state index in [0.29, 0.717) is 5.54 Å². The van der Waals surface area contributed by atoms with Crippen molar-refractivity contribution in [3.8, 4) is 0 Å². The van der Waals surface area contributed by atoms with Crippen LogP contribution in [0.5, 0.6) is 0 Å². The summed E-state index contributed by atoms with van der Waals surface area (Å²) in [4.78, 5) is 0. The highest BCUT2D eigenvalue weighted by Gasteiger charge is 2.29. The monoisotopic (exact) mass is 340 g/mol. The maximum Gasteiger partial charge on any atom is 0.216 e. The molecule has 0 aromatic rings. The largest absolute Gasteiger partial charge is 0.413 e. The lowest BCUT2D eigenvalue weighted by Gasteiger charge is -2.28. The molecule has 1 nitrogen and oxygen atoms in total. The molecular formula is C21H44OSi. The van der Waals surface area contributed by atoms with Crippen molar-refractivity contribution in [2.24, 2.45) is 0 Å². The molecular weight excluding hydrogens is 296 g/mol. The van der Waals surface area contributed by atoms with Gasteiger partial charge in [-0.3, -0.25) is 0 Å². The first kappa shape index (κ1) is 22.9. The molecule has 0 rings (SSSR count). The van der Waals surface area contributed by atoms with Crippen LogP contribution in [0.3, 0.4) is 0 Å². The Morgan fingerprint density at radius 3 is 1.87 bits per heavy atom. The number of hydrogen-bond acceptors (Lipinski definition) is 1. The van der Waals surface area contributed by atoms with Gasteiger partial charge < -0.3 is 4.43 Å². The van der Waals surface area contributed by atoms with Crippen molar-refractivity contribution in [3.05, 3.63) is 11.8 Å². The predicted molar refractivity (Wildman–Crippen MR) is 109 cm³/mol. The van der Waals surface area contributed by atoms with Crippen LogP contribution in [0.25, 0.3) is 0 Å². The molecule has 0 aliphatic carbocycles. The van der Waals surface area contributed by atoms with Crippen LogP contribution in [0.4, 0.5) is 0 Å². The fourth-order valence-electron chi connectivity index (χ4n) is 2.76. The molecule has 0 saturated carbocycles. The molecule has 1 atom stereocenters. The Kier molecular flexibility index (Phi) is 15.4. The lowest BCUT2D eigenvalue weighted by atomic mass is 10.1. The van der Waals surface area contributed by atoms with Crippen LogP contribution < -0.4 is 0 Å². The number of unbranched alkanes of at least 4 members (excludes halogenated alkanes) is 10. The zero-order valence-corrected chi connectivity index (χ0v) is 17.8. The first-order valence-electron chi connectivity index (χ1n) is 10.4. The summed E-state index contributed by atoms with van der Waals surface area (Å²) in [5, 5.41) is 0. The van der Waals surface area contributed by atoms with E-state index in [2.05, 4.69) is 46.0 Å². The highest BCUT2D eigenvalue weighted by Crippen LogP contribution is 2.24. The van der Waals surface area contributed by atoms with Gasteiger partial charge in [0, 0.05) is 6.61 Å². The van der Waals surface area contributed by atoms with Gasteiger partial charge in [-0.1, -0.05) is 97.3 Å². The molecule has 0 aliphatic rings. The zero-order chi connectivity index (χ0) is 17.4. The van der Waals surface area contributed by atoms with Gasteiger partial charge in [0.05, 0.1) is 0 Å². The highest BCUT2D eigenvalue weighted by atomic mass is 28.4. The molecule has 1 unspecified atom stereocenters. The quantitative estimate of drug-likeness (QED) is 0.206. The van der Waals surface area contributed by atoms with Gasteiger partial charge in [0.15, 0.2) is 0 Å². The molecule has 0 spiro atoms. The lowest BCUT2D eigenvalue weighted by molar-refractivity contribution is 0.294. The molecule has 23 heavy (non-hydrogen) atoms. The standard InChI is InChI=1S/C21H44OSi/c1-6-8-10-11-12-13-14-15-16-18-20-23(5,21(3)4)22-19-17-9-7-2/h18,20-21H,6-17,19H2,1-5H3. The molecule has 2 heteroatoms. The van der Waals surface area contributed by atoms with Gasteiger partial charge in [0.2, 0.25) is 8.32 Å². The van der Waals surface area contributed by atoms with E-state index in [1.54, 1.807) is 0 Å². The molecule has 0 saturated heterocycles. The van der Waals surface area contributed by atoms with E-state index in [4.69, 9.17) is 4.43 Å². The number of rotatable bonds is 16. The average Bonchev–Trinajstić information content (AvgIpc) is 2.53. The first-order valence-corrected chi connectivity index (χ1v) is 12.9. The first-order chi connectivity index (χ1) is 11.1. The van der Waals surface area contributed by atoms with Crippen molar-refractivity contribution in [1.82, 2.24) is 0 Å². The van der Waals surface area contributed by atoms with Gasteiger partial charge in [-0.05, 0) is 31.4 Å². The SMILES string of the molecule is CCCCCCCCCCC=C[Si](C)(OCCCCC)C(C)C. The number of hydrogen-bond donors (Lipinski definition) is 0. The summed E-state index contributed by atoms with van der Waals surface area (Å²) < 4.78 is 6.33. The second kappa shape index (κ2) is 15.4. The topological polar surface area (TPSA) is 9.23 Å². The Morgan fingerprint density at radius 2 is 1.30 bits per heavy atom. The van der Waals surface area contributed by atoms with Crippen LogP contribution in [0, 0.1) is 0 Å². The molecule has 0 amide bonds. The minimum atomic E-state index is -1.65. The smallest absolute Gasteiger partial charge is 0.216 e. The summed E-state index contributed by atoms with van der Waals surface area (Å²) in [7, 11) is -1.65. The summed E-state index contributed by atoms with van der Waals surface area (Å²) in [6.07, 6.45) is 18.7. The van der Waals surface area contributed by atoms with Gasteiger partial charge >= 0.3 is 0 Å². The second-order valence-electron chi connectivity index (χ2n) is 7.56. The average molecular weight is 341 g/mol. The van der Waals surface area contributed by atoms with E-state index in [0.717, 1.165) is 6.61 Å². The van der Waals surface area contributed by atoms with Crippen molar-refractivity contribution in [2.45, 2.75) is 117 Å². The van der Waals surface area contributed by atoms with Crippen molar-refractivity contribution >= 4 is 8.32 Å². The maximum atomic E-state index is 6.33. The van der Waals surface area contributed by atoms with E-state index < -0.39 is 8.32 Å². The highest BCUT2D eigenvalue weighted by molar-refractivity contribution is 6.78. The van der Waals surface area contributed by atoms with Crippen LogP contribution in [0.2, 0.25) is 12.1 Å². The van der Waals surface area contributed by atoms with Gasteiger partial charge in [-0.15, -0.1) is 0 Å². The molecule has 0 N–H and O–H groups in total. The molecule has 138 valence electrons. The molecule has 0 bridgehead atoms. The Bertz CT molecular complexity index is 275. The minimum Gasteiger partial charge on any atom is -0.413 e. The van der Waals surface area contributed by atoms with Gasteiger partial charge in [0.1, 0.15) is 0 Å². The van der Waals surface area contributed by atoms with Crippen LogP contribution in [-0.2, 0) is 4.43 Å². The Hall–Kier alpha value is -0.0831. The number of allylic oxidation sites excluding steroid dienone is 1. The van der Waals surface area contributed by atoms with Crippen molar-refractivity contribution in [2.75, 3.05) is 6.61 Å².